The first-order valence-corrected chi connectivity index (χ1v) is 18.9. The summed E-state index contributed by atoms with van der Waals surface area (Å²) in [6.45, 7) is 3.80. The van der Waals surface area contributed by atoms with E-state index in [9.17, 15) is 18.0 Å². The summed E-state index contributed by atoms with van der Waals surface area (Å²) in [7, 11) is -4.14. The number of nitrogens with one attached hydrogen (secondary N) is 1. The largest absolute Gasteiger partial charge is 0.352 e. The van der Waals surface area contributed by atoms with E-state index in [1.54, 1.807) is 35.2 Å². The van der Waals surface area contributed by atoms with Gasteiger partial charge in [-0.15, -0.1) is 0 Å². The minimum absolute atomic E-state index is 0.0450. The number of nitrogens with zero attached hydrogens (tertiary/aromatic N) is 2. The van der Waals surface area contributed by atoms with Crippen molar-refractivity contribution in [1.82, 2.24) is 10.2 Å². The summed E-state index contributed by atoms with van der Waals surface area (Å²) < 4.78 is 30.5. The van der Waals surface area contributed by atoms with E-state index in [2.05, 4.69) is 35.1 Å². The Balaban J connectivity index is 1.56. The highest BCUT2D eigenvalue weighted by Crippen LogP contribution is 2.27. The van der Waals surface area contributed by atoms with Gasteiger partial charge in [0.05, 0.1) is 10.6 Å². The maximum absolute atomic E-state index is 14.7. The number of amides is 2. The smallest absolute Gasteiger partial charge is 0.264 e. The third-order valence-electron chi connectivity index (χ3n) is 8.95. The second-order valence-electron chi connectivity index (χ2n) is 12.8. The molecule has 7 nitrogen and oxygen atoms in total. The third-order valence-corrected chi connectivity index (χ3v) is 11.3. The quantitative estimate of drug-likeness (QED) is 0.152. The number of carbonyl (C=O) groups is 2. The van der Waals surface area contributed by atoms with Gasteiger partial charge < -0.3 is 10.2 Å². The molecular weight excluding hydrogens is 686 g/mol. The van der Waals surface area contributed by atoms with Crippen molar-refractivity contribution in [2.45, 2.75) is 81.8 Å². The van der Waals surface area contributed by atoms with Gasteiger partial charge in [0.1, 0.15) is 12.6 Å². The molecule has 9 heteroatoms. The summed E-state index contributed by atoms with van der Waals surface area (Å²) in [6.07, 6.45) is 5.35. The molecule has 0 heterocycles. The Labute approximate surface area is 293 Å². The van der Waals surface area contributed by atoms with Gasteiger partial charge in [-0.3, -0.25) is 13.9 Å². The topological polar surface area (TPSA) is 86.8 Å². The third kappa shape index (κ3) is 9.14. The van der Waals surface area contributed by atoms with E-state index in [4.69, 9.17) is 0 Å². The Morgan fingerprint density at radius 3 is 2.00 bits per heavy atom. The van der Waals surface area contributed by atoms with E-state index >= 15 is 0 Å². The molecule has 48 heavy (non-hydrogen) atoms. The Hall–Kier alpha value is -3.95. The van der Waals surface area contributed by atoms with Crippen LogP contribution in [0.2, 0.25) is 0 Å². The Kier molecular flexibility index (Phi) is 12.1. The zero-order valence-corrected chi connectivity index (χ0v) is 30.0. The monoisotopic (exact) mass is 729 g/mol. The van der Waals surface area contributed by atoms with Crippen molar-refractivity contribution < 1.29 is 18.0 Å². The van der Waals surface area contributed by atoms with Crippen LogP contribution in [-0.2, 0) is 32.6 Å². The summed E-state index contributed by atoms with van der Waals surface area (Å²) in [4.78, 5) is 30.6. The summed E-state index contributed by atoms with van der Waals surface area (Å²) in [5, 5.41) is 3.26. The molecule has 4 aromatic rings. The van der Waals surface area contributed by atoms with Gasteiger partial charge in [0.15, 0.2) is 0 Å². The lowest BCUT2D eigenvalue weighted by Gasteiger charge is -2.35. The molecule has 1 aliphatic carbocycles. The highest BCUT2D eigenvalue weighted by molar-refractivity contribution is 9.10. The predicted molar refractivity (Wildman–Crippen MR) is 195 cm³/mol. The lowest BCUT2D eigenvalue weighted by atomic mass is 9.94. The van der Waals surface area contributed by atoms with Crippen molar-refractivity contribution >= 4 is 43.5 Å². The van der Waals surface area contributed by atoms with Crippen LogP contribution in [0.4, 0.5) is 5.69 Å². The minimum Gasteiger partial charge on any atom is -0.352 e. The number of benzene rings is 4. The molecule has 1 atom stereocenters. The predicted octanol–water partition coefficient (Wildman–Crippen LogP) is 7.86. The Morgan fingerprint density at radius 2 is 1.40 bits per heavy atom. The molecule has 2 amide bonds. The van der Waals surface area contributed by atoms with Gasteiger partial charge in [0.25, 0.3) is 10.0 Å². The molecule has 1 aliphatic rings. The van der Waals surface area contributed by atoms with Gasteiger partial charge in [-0.25, -0.2) is 8.42 Å². The normalized spacial score (nSPS) is 14.3. The second kappa shape index (κ2) is 16.4. The second-order valence-corrected chi connectivity index (χ2v) is 15.5. The number of carbonyl (C=O) groups excluding carboxylic acids is 2. The number of hydrogen-bond donors (Lipinski definition) is 1. The number of sulfonamides is 1. The molecule has 4 aromatic carbocycles. The molecule has 252 valence electrons. The molecule has 0 aliphatic heterocycles. The lowest BCUT2D eigenvalue weighted by molar-refractivity contribution is -0.140. The first kappa shape index (κ1) is 35.4. The van der Waals surface area contributed by atoms with Gasteiger partial charge >= 0.3 is 0 Å². The lowest BCUT2D eigenvalue weighted by Crippen LogP contribution is -2.55. The number of hydrogen-bond acceptors (Lipinski definition) is 4. The van der Waals surface area contributed by atoms with Crippen LogP contribution < -0.4 is 9.62 Å². The van der Waals surface area contributed by atoms with Gasteiger partial charge in [0, 0.05) is 23.5 Å². The summed E-state index contributed by atoms with van der Waals surface area (Å²) in [5.74, 6) is -0.442. The number of anilines is 1. The zero-order chi connectivity index (χ0) is 34.1. The fourth-order valence-electron chi connectivity index (χ4n) is 6.16. The average Bonchev–Trinajstić information content (AvgIpc) is 3.10. The molecule has 0 aromatic heterocycles. The molecular formula is C39H44BrN3O4S. The molecule has 5 rings (SSSR count). The first-order valence-electron chi connectivity index (χ1n) is 16.7. The summed E-state index contributed by atoms with van der Waals surface area (Å²) in [5.41, 5.74) is 3.18. The van der Waals surface area contributed by atoms with Crippen LogP contribution in [0.1, 0.15) is 68.6 Å². The van der Waals surface area contributed by atoms with Gasteiger partial charge in [-0.05, 0) is 71.8 Å². The molecule has 0 bridgehead atoms. The van der Waals surface area contributed by atoms with Crippen molar-refractivity contribution in [3.8, 4) is 0 Å². The van der Waals surface area contributed by atoms with Crippen LogP contribution in [0.5, 0.6) is 0 Å². The fourth-order valence-corrected chi connectivity index (χ4v) is 7.86. The highest BCUT2D eigenvalue weighted by atomic mass is 79.9. The van der Waals surface area contributed by atoms with Crippen LogP contribution in [0.3, 0.4) is 0 Å². The van der Waals surface area contributed by atoms with Crippen LogP contribution >= 0.6 is 15.9 Å². The van der Waals surface area contributed by atoms with E-state index in [1.807, 2.05) is 66.7 Å². The minimum atomic E-state index is -4.14. The standard InChI is InChI=1S/C39H44BrN3O4S/c1-29(2)32-20-24-35(25-21-32)43(48(46,47)36-16-10-5-11-17-36)28-38(44)42(27-31-18-22-33(40)23-19-31)37(26-30-12-6-3-7-13-30)39(45)41-34-14-8-4-9-15-34/h3,5-7,10-13,16-25,29,34,37H,4,8-9,14-15,26-28H2,1-2H3,(H,41,45). The van der Waals surface area contributed by atoms with Gasteiger partial charge in [-0.1, -0.05) is 122 Å². The van der Waals surface area contributed by atoms with Gasteiger partial charge in [-0.2, -0.15) is 0 Å². The van der Waals surface area contributed by atoms with E-state index in [0.717, 1.165) is 53.3 Å². The van der Waals surface area contributed by atoms with Crippen molar-refractivity contribution in [1.29, 1.82) is 0 Å². The molecule has 1 fully saturated rings. The highest BCUT2D eigenvalue weighted by Gasteiger charge is 2.35. The Morgan fingerprint density at radius 1 is 0.792 bits per heavy atom. The number of rotatable bonds is 13. The van der Waals surface area contributed by atoms with E-state index in [0.29, 0.717) is 5.69 Å². The molecule has 0 saturated heterocycles. The molecule has 0 radical (unpaired) electrons. The SMILES string of the molecule is CC(C)c1ccc(N(CC(=O)N(Cc2ccc(Br)cc2)C(Cc2ccccc2)C(=O)NC2CCCCC2)S(=O)(=O)c2ccccc2)cc1. The maximum Gasteiger partial charge on any atom is 0.264 e. The maximum atomic E-state index is 14.7. The van der Waals surface area contributed by atoms with Gasteiger partial charge in [0.2, 0.25) is 11.8 Å². The summed E-state index contributed by atoms with van der Waals surface area (Å²) >= 11 is 3.49. The summed E-state index contributed by atoms with van der Waals surface area (Å²) in [6, 6.07) is 31.9. The molecule has 1 saturated carbocycles. The average molecular weight is 731 g/mol. The molecule has 0 spiro atoms. The van der Waals surface area contributed by atoms with Crippen LogP contribution in [0, 0.1) is 0 Å². The fraction of sp³-hybridized carbons (Fsp3) is 0.333. The van der Waals surface area contributed by atoms with Crippen LogP contribution in [-0.4, -0.2) is 43.8 Å². The Bertz CT molecular complexity index is 1740. The zero-order valence-electron chi connectivity index (χ0n) is 27.6. The van der Waals surface area contributed by atoms with E-state index < -0.39 is 28.5 Å². The number of halogens is 1. The van der Waals surface area contributed by atoms with Crippen molar-refractivity contribution in [3.63, 3.8) is 0 Å². The van der Waals surface area contributed by atoms with Crippen molar-refractivity contribution in [2.75, 3.05) is 10.8 Å². The van der Waals surface area contributed by atoms with E-state index in [-0.39, 0.29) is 35.7 Å². The van der Waals surface area contributed by atoms with Crippen molar-refractivity contribution in [2.24, 2.45) is 0 Å². The van der Waals surface area contributed by atoms with Crippen molar-refractivity contribution in [3.05, 3.63) is 130 Å². The van der Waals surface area contributed by atoms with Crippen LogP contribution in [0.15, 0.2) is 119 Å². The van der Waals surface area contributed by atoms with E-state index in [1.165, 1.54) is 16.4 Å². The molecule has 1 unspecified atom stereocenters. The first-order chi connectivity index (χ1) is 23.1. The molecule has 1 N–H and O–H groups in total. The van der Waals surface area contributed by atoms with Crippen LogP contribution in [0.25, 0.3) is 0 Å².